The Balaban J connectivity index is 2.71. The molecule has 0 aliphatic carbocycles. The van der Waals surface area contributed by atoms with Crippen molar-refractivity contribution in [2.75, 3.05) is 24.3 Å². The minimum absolute atomic E-state index is 0.119. The van der Waals surface area contributed by atoms with Crippen LogP contribution in [0.5, 0.6) is 5.75 Å². The average molecular weight is 268 g/mol. The van der Waals surface area contributed by atoms with Crippen molar-refractivity contribution in [1.29, 1.82) is 0 Å². The smallest absolute Gasteiger partial charge is 0.253 e. The summed E-state index contributed by atoms with van der Waals surface area (Å²) in [6.45, 7) is 4.08. The highest BCUT2D eigenvalue weighted by Gasteiger charge is 2.13. The van der Waals surface area contributed by atoms with Crippen LogP contribution in [0, 0.1) is 0 Å². The molecule has 1 unspecified atom stereocenters. The molecule has 1 rings (SSSR count). The summed E-state index contributed by atoms with van der Waals surface area (Å²) >= 11 is 1.79. The van der Waals surface area contributed by atoms with Gasteiger partial charge in [0.15, 0.2) is 0 Å². The molecule has 0 spiro atoms. The first-order chi connectivity index (χ1) is 8.58. The number of carbonyl (C=O) groups excluding carboxylic acids is 1. The fourth-order valence-corrected chi connectivity index (χ4v) is 2.17. The maximum absolute atomic E-state index is 12.1. The number of nitrogens with one attached hydrogen (secondary N) is 1. The Labute approximate surface area is 112 Å². The van der Waals surface area contributed by atoms with Gasteiger partial charge >= 0.3 is 0 Å². The van der Waals surface area contributed by atoms with Crippen molar-refractivity contribution >= 4 is 23.4 Å². The number of anilines is 1. The number of carbonyl (C=O) groups is 1. The first kappa shape index (κ1) is 14.7. The van der Waals surface area contributed by atoms with Gasteiger partial charge in [-0.15, -0.1) is 0 Å². The van der Waals surface area contributed by atoms with E-state index < -0.39 is 0 Å². The Morgan fingerprint density at radius 3 is 2.89 bits per heavy atom. The number of amides is 1. The molecule has 0 saturated carbocycles. The maximum atomic E-state index is 12.1. The molecule has 0 heterocycles. The minimum atomic E-state index is -0.157. The number of nitrogen functional groups attached to an aromatic ring is 1. The summed E-state index contributed by atoms with van der Waals surface area (Å²) in [6, 6.07) is 5.19. The third-order valence-electron chi connectivity index (χ3n) is 2.45. The van der Waals surface area contributed by atoms with Crippen LogP contribution >= 0.6 is 11.8 Å². The lowest BCUT2D eigenvalue weighted by molar-refractivity contribution is 0.0944. The van der Waals surface area contributed by atoms with E-state index in [0.29, 0.717) is 17.0 Å². The van der Waals surface area contributed by atoms with Gasteiger partial charge in [-0.1, -0.05) is 6.92 Å². The Hall–Kier alpha value is -1.36. The SMILES string of the molecule is CCSCC(C)NC(=O)c1cc(OC)ccc1N. The van der Waals surface area contributed by atoms with Crippen LogP contribution in [-0.2, 0) is 0 Å². The zero-order chi connectivity index (χ0) is 13.5. The second kappa shape index (κ2) is 7.16. The van der Waals surface area contributed by atoms with Crippen LogP contribution in [0.15, 0.2) is 18.2 Å². The summed E-state index contributed by atoms with van der Waals surface area (Å²) in [5.41, 5.74) is 6.72. The van der Waals surface area contributed by atoms with Crippen molar-refractivity contribution in [1.82, 2.24) is 5.32 Å². The summed E-state index contributed by atoms with van der Waals surface area (Å²) in [6.07, 6.45) is 0. The highest BCUT2D eigenvalue weighted by molar-refractivity contribution is 7.99. The zero-order valence-corrected chi connectivity index (χ0v) is 11.8. The first-order valence-corrected chi connectivity index (χ1v) is 7.06. The van der Waals surface area contributed by atoms with Crippen LogP contribution in [0.4, 0.5) is 5.69 Å². The molecule has 3 N–H and O–H groups in total. The summed E-state index contributed by atoms with van der Waals surface area (Å²) in [5, 5.41) is 2.93. The van der Waals surface area contributed by atoms with Gasteiger partial charge in [-0.3, -0.25) is 4.79 Å². The Kier molecular flexibility index (Phi) is 5.85. The molecule has 0 bridgehead atoms. The monoisotopic (exact) mass is 268 g/mol. The fraction of sp³-hybridized carbons (Fsp3) is 0.462. The van der Waals surface area contributed by atoms with Gasteiger partial charge in [-0.25, -0.2) is 0 Å². The van der Waals surface area contributed by atoms with Crippen LogP contribution in [0.1, 0.15) is 24.2 Å². The van der Waals surface area contributed by atoms with Crippen molar-refractivity contribution in [2.24, 2.45) is 0 Å². The highest BCUT2D eigenvalue weighted by atomic mass is 32.2. The molecule has 0 aromatic heterocycles. The molecule has 0 fully saturated rings. The molecule has 1 aromatic rings. The molecule has 1 amide bonds. The molecule has 5 heteroatoms. The second-order valence-electron chi connectivity index (χ2n) is 3.99. The summed E-state index contributed by atoms with van der Waals surface area (Å²) in [7, 11) is 1.56. The molecular weight excluding hydrogens is 248 g/mol. The van der Waals surface area contributed by atoms with Gasteiger partial charge in [0, 0.05) is 17.5 Å². The van der Waals surface area contributed by atoms with E-state index in [1.807, 2.05) is 6.92 Å². The number of benzene rings is 1. The van der Waals surface area contributed by atoms with Crippen molar-refractivity contribution in [3.63, 3.8) is 0 Å². The molecule has 0 radical (unpaired) electrons. The van der Waals surface area contributed by atoms with Gasteiger partial charge in [0.05, 0.1) is 12.7 Å². The van der Waals surface area contributed by atoms with Gasteiger partial charge in [0.1, 0.15) is 5.75 Å². The predicted molar refractivity (Wildman–Crippen MR) is 77.3 cm³/mol. The van der Waals surface area contributed by atoms with Crippen molar-refractivity contribution in [2.45, 2.75) is 19.9 Å². The number of rotatable bonds is 6. The highest BCUT2D eigenvalue weighted by Crippen LogP contribution is 2.19. The summed E-state index contributed by atoms with van der Waals surface area (Å²) in [4.78, 5) is 12.1. The van der Waals surface area contributed by atoms with Gasteiger partial charge in [0.25, 0.3) is 5.91 Å². The van der Waals surface area contributed by atoms with Crippen molar-refractivity contribution in [3.05, 3.63) is 23.8 Å². The predicted octanol–water partition coefficient (Wildman–Crippen LogP) is 2.15. The normalized spacial score (nSPS) is 11.9. The molecular formula is C13H20N2O2S. The fourth-order valence-electron chi connectivity index (χ4n) is 1.50. The average Bonchev–Trinajstić information content (AvgIpc) is 2.36. The lowest BCUT2D eigenvalue weighted by Gasteiger charge is -2.14. The molecule has 0 aliphatic heterocycles. The molecule has 1 aromatic carbocycles. The van der Waals surface area contributed by atoms with Gasteiger partial charge in [0.2, 0.25) is 0 Å². The van der Waals surface area contributed by atoms with E-state index in [0.717, 1.165) is 11.5 Å². The lowest BCUT2D eigenvalue weighted by atomic mass is 10.1. The van der Waals surface area contributed by atoms with E-state index in [1.54, 1.807) is 37.1 Å². The lowest BCUT2D eigenvalue weighted by Crippen LogP contribution is -2.34. The number of nitrogens with two attached hydrogens (primary N) is 1. The van der Waals surface area contributed by atoms with E-state index in [9.17, 15) is 4.79 Å². The van der Waals surface area contributed by atoms with E-state index in [2.05, 4.69) is 12.2 Å². The third-order valence-corrected chi connectivity index (χ3v) is 3.60. The van der Waals surface area contributed by atoms with E-state index in [4.69, 9.17) is 10.5 Å². The zero-order valence-electron chi connectivity index (χ0n) is 11.0. The topological polar surface area (TPSA) is 64.3 Å². The van der Waals surface area contributed by atoms with Crippen molar-refractivity contribution in [3.8, 4) is 5.75 Å². The summed E-state index contributed by atoms with van der Waals surface area (Å²) < 4.78 is 5.09. The van der Waals surface area contributed by atoms with E-state index in [-0.39, 0.29) is 11.9 Å². The molecule has 0 aliphatic rings. The molecule has 18 heavy (non-hydrogen) atoms. The molecule has 4 nitrogen and oxygen atoms in total. The molecule has 0 saturated heterocycles. The second-order valence-corrected chi connectivity index (χ2v) is 5.31. The van der Waals surface area contributed by atoms with Crippen LogP contribution in [0.2, 0.25) is 0 Å². The van der Waals surface area contributed by atoms with E-state index in [1.165, 1.54) is 0 Å². The number of thioether (sulfide) groups is 1. The van der Waals surface area contributed by atoms with Gasteiger partial charge in [-0.2, -0.15) is 11.8 Å². The van der Waals surface area contributed by atoms with Crippen LogP contribution < -0.4 is 15.8 Å². The standard InChI is InChI=1S/C13H20N2O2S/c1-4-18-8-9(2)15-13(16)11-7-10(17-3)5-6-12(11)14/h5-7,9H,4,8,14H2,1-3H3,(H,15,16). The van der Waals surface area contributed by atoms with Crippen LogP contribution in [0.25, 0.3) is 0 Å². The largest absolute Gasteiger partial charge is 0.497 e. The van der Waals surface area contributed by atoms with Gasteiger partial charge in [-0.05, 0) is 30.9 Å². The maximum Gasteiger partial charge on any atom is 0.253 e. The minimum Gasteiger partial charge on any atom is -0.497 e. The van der Waals surface area contributed by atoms with Crippen LogP contribution in [-0.4, -0.2) is 30.6 Å². The first-order valence-electron chi connectivity index (χ1n) is 5.90. The third kappa shape index (κ3) is 4.14. The summed E-state index contributed by atoms with van der Waals surface area (Å²) in [5.74, 6) is 2.41. The number of ether oxygens (including phenoxy) is 1. The molecule has 1 atom stereocenters. The Morgan fingerprint density at radius 1 is 1.56 bits per heavy atom. The van der Waals surface area contributed by atoms with E-state index >= 15 is 0 Å². The van der Waals surface area contributed by atoms with Gasteiger partial charge < -0.3 is 15.8 Å². The van der Waals surface area contributed by atoms with Crippen LogP contribution in [0.3, 0.4) is 0 Å². The van der Waals surface area contributed by atoms with Crippen molar-refractivity contribution < 1.29 is 9.53 Å². The quantitative estimate of drug-likeness (QED) is 0.776. The Morgan fingerprint density at radius 2 is 2.28 bits per heavy atom. The Bertz CT molecular complexity index is 410. The number of hydrogen-bond donors (Lipinski definition) is 2. The number of hydrogen-bond acceptors (Lipinski definition) is 4. The molecule has 100 valence electrons. The number of methoxy groups -OCH3 is 1.